The van der Waals surface area contributed by atoms with Crippen molar-refractivity contribution in [2.24, 2.45) is 5.92 Å². The number of hydrogen-bond acceptors (Lipinski definition) is 11. The number of fused-ring (bicyclic) bond motifs is 1. The van der Waals surface area contributed by atoms with Crippen LogP contribution in [0, 0.1) is 12.8 Å². The second-order valence-corrected chi connectivity index (χ2v) is 12.2. The molecule has 0 unspecified atom stereocenters. The average Bonchev–Trinajstić information content (AvgIpc) is 3.62. The number of anilines is 1. The van der Waals surface area contributed by atoms with E-state index < -0.39 is 24.7 Å². The van der Waals surface area contributed by atoms with Crippen molar-refractivity contribution in [2.75, 3.05) is 31.8 Å². The van der Waals surface area contributed by atoms with Gasteiger partial charge in [-0.25, -0.2) is 9.88 Å². The molecule has 0 amide bonds. The number of aromatic nitrogens is 1. The largest absolute Gasteiger partial charge is 0.496 e. The minimum absolute atomic E-state index is 0.00591. The fourth-order valence-corrected chi connectivity index (χ4v) is 7.70. The van der Waals surface area contributed by atoms with E-state index in [4.69, 9.17) is 18.6 Å². The van der Waals surface area contributed by atoms with Gasteiger partial charge in [0.2, 0.25) is 5.89 Å². The van der Waals surface area contributed by atoms with Crippen molar-refractivity contribution in [3.8, 4) is 16.5 Å². The maximum Gasteiger partial charge on any atom is 0.303 e. The van der Waals surface area contributed by atoms with Crippen molar-refractivity contribution in [3.63, 3.8) is 0 Å². The first-order valence-electron chi connectivity index (χ1n) is 14.4. The molecule has 1 saturated carbocycles. The van der Waals surface area contributed by atoms with E-state index in [1.807, 2.05) is 36.1 Å². The molecular formula is C30H37N3O8S. The van der Waals surface area contributed by atoms with Gasteiger partial charge in [0.15, 0.2) is 6.35 Å². The molecule has 2 aliphatic heterocycles. The molecule has 0 spiro atoms. The van der Waals surface area contributed by atoms with Gasteiger partial charge in [0.25, 0.3) is 0 Å². The molecule has 12 heteroatoms. The number of benzene rings is 1. The molecule has 3 atom stereocenters. The van der Waals surface area contributed by atoms with Crippen LogP contribution >= 0.6 is 11.3 Å². The summed E-state index contributed by atoms with van der Waals surface area (Å²) >= 11 is 1.42. The Bertz CT molecular complexity index is 1370. The number of carboxylic acids is 1. The van der Waals surface area contributed by atoms with E-state index in [0.29, 0.717) is 48.3 Å². The molecule has 0 bridgehead atoms. The molecule has 1 aromatic carbocycles. The molecule has 1 saturated heterocycles. The number of ether oxygens (including phenoxy) is 3. The highest BCUT2D eigenvalue weighted by atomic mass is 32.1. The molecule has 3 aliphatic rings. The van der Waals surface area contributed by atoms with E-state index in [-0.39, 0.29) is 31.0 Å². The number of aliphatic hydroxyl groups is 2. The Morgan fingerprint density at radius 1 is 1.21 bits per heavy atom. The minimum atomic E-state index is -1.17. The maximum absolute atomic E-state index is 11.9. The highest BCUT2D eigenvalue weighted by molar-refractivity contribution is 7.19. The molecular weight excluding hydrogens is 562 g/mol. The number of hydrogen-bond donors (Lipinski definition) is 3. The van der Waals surface area contributed by atoms with Crippen molar-refractivity contribution in [3.05, 3.63) is 53.4 Å². The number of nitrogens with zero attached hydrogens (tertiary/aromatic N) is 3. The monoisotopic (exact) mass is 599 g/mol. The molecule has 11 nitrogen and oxygen atoms in total. The van der Waals surface area contributed by atoms with Crippen LogP contribution in [0.5, 0.6) is 5.75 Å². The summed E-state index contributed by atoms with van der Waals surface area (Å²) in [5, 5.41) is 33.6. The molecule has 6 rings (SSSR count). The van der Waals surface area contributed by atoms with Gasteiger partial charge in [-0.1, -0.05) is 18.2 Å². The number of methoxy groups -OCH3 is 1. The summed E-state index contributed by atoms with van der Waals surface area (Å²) in [6.07, 6.45) is 3.13. The molecule has 3 aromatic rings. The number of aliphatic hydroxyl groups excluding tert-OH is 2. The molecule has 4 heterocycles. The summed E-state index contributed by atoms with van der Waals surface area (Å²) in [6, 6.07) is 7.55. The number of para-hydroxylation sites is 1. The second-order valence-electron chi connectivity index (χ2n) is 11.2. The predicted molar refractivity (Wildman–Crippen MR) is 154 cm³/mol. The minimum Gasteiger partial charge on any atom is -0.496 e. The lowest BCUT2D eigenvalue weighted by atomic mass is 9.77. The fraction of sp³-hybridized carbons (Fsp3) is 0.533. The lowest BCUT2D eigenvalue weighted by molar-refractivity contribution is -0.164. The van der Waals surface area contributed by atoms with Gasteiger partial charge in [-0.2, -0.15) is 0 Å². The Morgan fingerprint density at radius 2 is 1.98 bits per heavy atom. The van der Waals surface area contributed by atoms with E-state index in [2.05, 4.69) is 4.98 Å². The summed E-state index contributed by atoms with van der Waals surface area (Å²) in [5.74, 6) is 0.309. The van der Waals surface area contributed by atoms with E-state index >= 15 is 0 Å². The van der Waals surface area contributed by atoms with Crippen molar-refractivity contribution < 1.29 is 38.7 Å². The van der Waals surface area contributed by atoms with E-state index in [0.717, 1.165) is 28.8 Å². The topological polar surface area (TPSA) is 138 Å². The number of oxazole rings is 1. The number of rotatable bonds is 10. The zero-order valence-electron chi connectivity index (χ0n) is 23.7. The molecule has 2 fully saturated rings. The van der Waals surface area contributed by atoms with Gasteiger partial charge in [0.1, 0.15) is 29.3 Å². The number of aliphatic carboxylic acids is 1. The van der Waals surface area contributed by atoms with Crippen LogP contribution in [0.1, 0.15) is 61.1 Å². The third-order valence-corrected chi connectivity index (χ3v) is 9.95. The van der Waals surface area contributed by atoms with Crippen molar-refractivity contribution in [1.29, 1.82) is 0 Å². The SMILES string of the molecule is COc1ccccc1[C@H](CN1c2sc(-c3ncco3)c(C)c2[C@@H](O)N(C2CC(CC(=O)O)C2)[C@H]1O)OC1CCOCC1. The normalized spacial score (nSPS) is 25.6. The zero-order valence-corrected chi connectivity index (χ0v) is 24.5. The van der Waals surface area contributed by atoms with Crippen molar-refractivity contribution in [2.45, 2.75) is 69.9 Å². The lowest BCUT2D eigenvalue weighted by Crippen LogP contribution is -2.60. The molecule has 42 heavy (non-hydrogen) atoms. The van der Waals surface area contributed by atoms with E-state index in [9.17, 15) is 20.1 Å². The van der Waals surface area contributed by atoms with Gasteiger partial charge >= 0.3 is 5.97 Å². The fourth-order valence-electron chi connectivity index (χ4n) is 6.40. The Labute approximate surface area is 248 Å². The quantitative estimate of drug-likeness (QED) is 0.308. The molecule has 226 valence electrons. The Morgan fingerprint density at radius 3 is 2.67 bits per heavy atom. The van der Waals surface area contributed by atoms with Crippen LogP contribution in [0.3, 0.4) is 0 Å². The van der Waals surface area contributed by atoms with Gasteiger partial charge in [0, 0.05) is 36.8 Å². The van der Waals surface area contributed by atoms with Gasteiger partial charge in [0.05, 0.1) is 30.8 Å². The van der Waals surface area contributed by atoms with Gasteiger partial charge in [-0.05, 0) is 50.2 Å². The summed E-state index contributed by atoms with van der Waals surface area (Å²) in [7, 11) is 1.63. The van der Waals surface area contributed by atoms with Crippen LogP contribution in [0.15, 0.2) is 41.1 Å². The van der Waals surface area contributed by atoms with Crippen molar-refractivity contribution >= 4 is 22.3 Å². The van der Waals surface area contributed by atoms with Crippen LogP contribution in [-0.2, 0) is 14.3 Å². The first-order valence-corrected chi connectivity index (χ1v) is 15.2. The Balaban J connectivity index is 1.38. The molecule has 2 aromatic heterocycles. The summed E-state index contributed by atoms with van der Waals surface area (Å²) in [4.78, 5) is 20.0. The maximum atomic E-state index is 11.9. The van der Waals surface area contributed by atoms with Gasteiger partial charge in [-0.3, -0.25) is 4.79 Å². The van der Waals surface area contributed by atoms with Crippen LogP contribution in [0.2, 0.25) is 0 Å². The van der Waals surface area contributed by atoms with Crippen LogP contribution < -0.4 is 9.64 Å². The lowest BCUT2D eigenvalue weighted by Gasteiger charge is -2.52. The van der Waals surface area contributed by atoms with Crippen LogP contribution in [0.25, 0.3) is 10.8 Å². The smallest absolute Gasteiger partial charge is 0.303 e. The van der Waals surface area contributed by atoms with Gasteiger partial charge in [-0.15, -0.1) is 11.3 Å². The predicted octanol–water partition coefficient (Wildman–Crippen LogP) is 4.30. The Kier molecular flexibility index (Phi) is 8.53. The highest BCUT2D eigenvalue weighted by Crippen LogP contribution is 2.52. The first kappa shape index (κ1) is 29.1. The molecule has 3 N–H and O–H groups in total. The third-order valence-electron chi connectivity index (χ3n) is 8.62. The standard InChI is InChI=1S/C30H37N3O8S/c1-17-25-28(36)33(19-13-18(14-19)15-24(34)35)30(37)32(29(25)42-26(17)27-31-9-12-40-27)16-23(41-20-7-10-39-11-8-20)21-5-3-4-6-22(21)38-2/h3-6,9,12,18-20,23,28,30,36-37H,7-8,10-11,13-16H2,1-2H3,(H,34,35)/t18?,19?,23-,28+,30-/m0/s1. The highest BCUT2D eigenvalue weighted by Gasteiger charge is 2.48. The first-order chi connectivity index (χ1) is 20.4. The summed E-state index contributed by atoms with van der Waals surface area (Å²) in [5.41, 5.74) is 2.38. The average molecular weight is 600 g/mol. The molecule has 1 aliphatic carbocycles. The van der Waals surface area contributed by atoms with Crippen LogP contribution in [-0.4, -0.2) is 76.5 Å². The zero-order chi connectivity index (χ0) is 29.4. The number of carboxylic acid groups (broad SMARTS) is 1. The third kappa shape index (κ3) is 5.54. The summed E-state index contributed by atoms with van der Waals surface area (Å²) < 4.78 is 23.6. The second kappa shape index (κ2) is 12.3. The number of thiophene rings is 1. The van der Waals surface area contributed by atoms with E-state index in [1.165, 1.54) is 17.6 Å². The molecule has 0 radical (unpaired) electrons. The van der Waals surface area contributed by atoms with E-state index in [1.54, 1.807) is 18.2 Å². The van der Waals surface area contributed by atoms with Crippen molar-refractivity contribution in [1.82, 2.24) is 9.88 Å². The van der Waals surface area contributed by atoms with Gasteiger partial charge < -0.3 is 38.8 Å². The number of carbonyl (C=O) groups is 1. The Hall–Kier alpha value is -3.00. The summed E-state index contributed by atoms with van der Waals surface area (Å²) in [6.45, 7) is 3.47. The van der Waals surface area contributed by atoms with Crippen LogP contribution in [0.4, 0.5) is 5.00 Å².